The van der Waals surface area contributed by atoms with E-state index in [9.17, 15) is 0 Å². The van der Waals surface area contributed by atoms with E-state index in [0.29, 0.717) is 0 Å². The maximum Gasteiger partial charge on any atom is 0.143 e. The van der Waals surface area contributed by atoms with Gasteiger partial charge in [0, 0.05) is 42.5 Å². The fraction of sp³-hybridized carbons (Fsp3) is 0. The predicted octanol–water partition coefficient (Wildman–Crippen LogP) is 16.7. The Labute approximate surface area is 345 Å². The molecule has 12 rings (SSSR count). The first kappa shape index (κ1) is 33.7. The minimum atomic E-state index is 0.855. The largest absolute Gasteiger partial charge is 0.455 e. The van der Waals surface area contributed by atoms with Crippen LogP contribution in [-0.2, 0) is 0 Å². The van der Waals surface area contributed by atoms with Gasteiger partial charge < -0.3 is 9.32 Å². The van der Waals surface area contributed by atoms with Crippen molar-refractivity contribution >= 4 is 92.1 Å². The maximum atomic E-state index is 7.05. The number of hydrogen-bond acceptors (Lipinski definition) is 3. The van der Waals surface area contributed by atoms with E-state index in [1.807, 2.05) is 11.3 Å². The molecule has 0 radical (unpaired) electrons. The normalized spacial score (nSPS) is 11.7. The van der Waals surface area contributed by atoms with E-state index < -0.39 is 0 Å². The molecule has 0 aliphatic rings. The molecule has 0 unspecified atom stereocenters. The molecule has 2 nitrogen and oxygen atoms in total. The van der Waals surface area contributed by atoms with E-state index in [4.69, 9.17) is 4.42 Å². The highest BCUT2D eigenvalue weighted by Gasteiger charge is 2.23. The summed E-state index contributed by atoms with van der Waals surface area (Å²) in [7, 11) is 0. The van der Waals surface area contributed by atoms with Crippen molar-refractivity contribution in [1.29, 1.82) is 0 Å². The Morgan fingerprint density at radius 2 is 0.983 bits per heavy atom. The summed E-state index contributed by atoms with van der Waals surface area (Å²) < 4.78 is 9.68. The smallest absolute Gasteiger partial charge is 0.143 e. The van der Waals surface area contributed by atoms with Crippen molar-refractivity contribution in [2.24, 2.45) is 0 Å². The SMILES string of the molecule is c1ccc(-c2ccc(N(c3ccc(-c4cccc5c4sc4ccccc45)cc3)c3cccc4oc5c(-c6cccc7ccccc67)c6ccccc6cc5c34)cc2)cc1. The lowest BCUT2D eigenvalue weighted by Crippen LogP contribution is -2.10. The summed E-state index contributed by atoms with van der Waals surface area (Å²) in [6, 6.07) is 76.7. The molecule has 276 valence electrons. The third-order valence-corrected chi connectivity index (χ3v) is 13.1. The molecule has 0 N–H and O–H groups in total. The number of nitrogens with zero attached hydrogens (tertiary/aromatic N) is 1. The molecule has 12 aromatic rings. The molecule has 59 heavy (non-hydrogen) atoms. The lowest BCUT2D eigenvalue weighted by molar-refractivity contribution is 0.670. The van der Waals surface area contributed by atoms with E-state index in [2.05, 4.69) is 217 Å². The fourth-order valence-electron chi connectivity index (χ4n) is 9.13. The van der Waals surface area contributed by atoms with Gasteiger partial charge in [0.1, 0.15) is 11.2 Å². The molecule has 0 aliphatic carbocycles. The molecular formula is C56H35NOS. The molecule has 0 fully saturated rings. The molecule has 0 aliphatic heterocycles. The van der Waals surface area contributed by atoms with Crippen LogP contribution in [0.5, 0.6) is 0 Å². The van der Waals surface area contributed by atoms with Crippen LogP contribution in [0.2, 0.25) is 0 Å². The maximum absolute atomic E-state index is 7.05. The molecule has 0 bridgehead atoms. The molecule has 0 atom stereocenters. The zero-order valence-corrected chi connectivity index (χ0v) is 32.8. The van der Waals surface area contributed by atoms with Gasteiger partial charge in [-0.3, -0.25) is 0 Å². The standard InChI is InChI=1S/C56H35NOS/c1-2-13-36(14-3-1)37-27-31-41(32-28-37)57(42-33-29-39(30-34-42)45-21-11-23-48-46-20-8-9-26-52(46)59-56(45)48)50-24-12-25-51-54(50)49-35-40-16-5-7-19-44(40)53(55(49)58-51)47-22-10-17-38-15-4-6-18-43(38)47/h1-35H. The quantitative estimate of drug-likeness (QED) is 0.167. The second kappa shape index (κ2) is 13.6. The molecular weight excluding hydrogens is 735 g/mol. The summed E-state index contributed by atoms with van der Waals surface area (Å²) >= 11 is 1.87. The van der Waals surface area contributed by atoms with Crippen LogP contribution >= 0.6 is 11.3 Å². The highest BCUT2D eigenvalue weighted by atomic mass is 32.1. The Morgan fingerprint density at radius 1 is 0.390 bits per heavy atom. The Hall–Kier alpha value is -7.46. The van der Waals surface area contributed by atoms with Crippen molar-refractivity contribution in [3.8, 4) is 33.4 Å². The van der Waals surface area contributed by atoms with Crippen LogP contribution in [-0.4, -0.2) is 0 Å². The molecule has 10 aromatic carbocycles. The third kappa shape index (κ3) is 5.47. The minimum Gasteiger partial charge on any atom is -0.455 e. The predicted molar refractivity (Wildman–Crippen MR) is 253 cm³/mol. The molecule has 0 amide bonds. The first-order valence-corrected chi connectivity index (χ1v) is 20.9. The van der Waals surface area contributed by atoms with Crippen LogP contribution in [0.25, 0.3) is 97.0 Å². The van der Waals surface area contributed by atoms with E-state index in [-0.39, 0.29) is 0 Å². The molecule has 2 aromatic heterocycles. The number of benzene rings is 10. The van der Waals surface area contributed by atoms with Gasteiger partial charge in [0.05, 0.1) is 11.1 Å². The van der Waals surface area contributed by atoms with Crippen LogP contribution in [0.3, 0.4) is 0 Å². The lowest BCUT2D eigenvalue weighted by atomic mass is 9.92. The molecule has 0 saturated heterocycles. The van der Waals surface area contributed by atoms with E-state index >= 15 is 0 Å². The van der Waals surface area contributed by atoms with Crippen LogP contribution < -0.4 is 4.90 Å². The molecule has 0 saturated carbocycles. The van der Waals surface area contributed by atoms with Gasteiger partial charge >= 0.3 is 0 Å². The number of anilines is 3. The third-order valence-electron chi connectivity index (χ3n) is 11.9. The van der Waals surface area contributed by atoms with Crippen molar-refractivity contribution in [3.05, 3.63) is 212 Å². The molecule has 2 heterocycles. The first-order chi connectivity index (χ1) is 29.3. The number of thiophene rings is 1. The number of fused-ring (bicyclic) bond motifs is 8. The van der Waals surface area contributed by atoms with Gasteiger partial charge in [-0.1, -0.05) is 164 Å². The summed E-state index contributed by atoms with van der Waals surface area (Å²) in [4.78, 5) is 2.39. The topological polar surface area (TPSA) is 16.4 Å². The molecule has 0 spiro atoms. The summed E-state index contributed by atoms with van der Waals surface area (Å²) in [5, 5.41) is 9.57. The highest BCUT2D eigenvalue weighted by Crippen LogP contribution is 2.48. The van der Waals surface area contributed by atoms with Crippen molar-refractivity contribution in [1.82, 2.24) is 0 Å². The van der Waals surface area contributed by atoms with Crippen LogP contribution in [0, 0.1) is 0 Å². The number of rotatable bonds is 6. The van der Waals surface area contributed by atoms with Crippen molar-refractivity contribution < 1.29 is 4.42 Å². The Bertz CT molecular complexity index is 3540. The van der Waals surface area contributed by atoms with Crippen LogP contribution in [0.1, 0.15) is 0 Å². The highest BCUT2D eigenvalue weighted by molar-refractivity contribution is 7.26. The van der Waals surface area contributed by atoms with E-state index in [1.165, 1.54) is 69.5 Å². The lowest BCUT2D eigenvalue weighted by Gasteiger charge is -2.26. The summed E-state index contributed by atoms with van der Waals surface area (Å²) in [5.74, 6) is 0. The zero-order chi connectivity index (χ0) is 38.9. The minimum absolute atomic E-state index is 0.855. The number of furan rings is 1. The Morgan fingerprint density at radius 3 is 1.80 bits per heavy atom. The van der Waals surface area contributed by atoms with Crippen molar-refractivity contribution in [3.63, 3.8) is 0 Å². The van der Waals surface area contributed by atoms with E-state index in [1.54, 1.807) is 0 Å². The Kier molecular flexibility index (Phi) is 7.75. The zero-order valence-electron chi connectivity index (χ0n) is 32.0. The van der Waals surface area contributed by atoms with Gasteiger partial charge in [0.2, 0.25) is 0 Å². The Balaban J connectivity index is 1.08. The second-order valence-corrected chi connectivity index (χ2v) is 16.3. The average Bonchev–Trinajstić information content (AvgIpc) is 3.88. The van der Waals surface area contributed by atoms with Crippen molar-refractivity contribution in [2.45, 2.75) is 0 Å². The monoisotopic (exact) mass is 769 g/mol. The van der Waals surface area contributed by atoms with Gasteiger partial charge in [-0.05, 0) is 97.9 Å². The van der Waals surface area contributed by atoms with Crippen molar-refractivity contribution in [2.75, 3.05) is 4.90 Å². The van der Waals surface area contributed by atoms with Gasteiger partial charge in [-0.15, -0.1) is 11.3 Å². The van der Waals surface area contributed by atoms with Gasteiger partial charge in [0.25, 0.3) is 0 Å². The van der Waals surface area contributed by atoms with Crippen LogP contribution in [0.15, 0.2) is 217 Å². The first-order valence-electron chi connectivity index (χ1n) is 20.1. The fourth-order valence-corrected chi connectivity index (χ4v) is 10.4. The van der Waals surface area contributed by atoms with Gasteiger partial charge in [-0.25, -0.2) is 0 Å². The molecule has 3 heteroatoms. The van der Waals surface area contributed by atoms with E-state index in [0.717, 1.165) is 44.6 Å². The van der Waals surface area contributed by atoms with Crippen LogP contribution in [0.4, 0.5) is 17.1 Å². The summed E-state index contributed by atoms with van der Waals surface area (Å²) in [6.07, 6.45) is 0. The second-order valence-electron chi connectivity index (χ2n) is 15.2. The summed E-state index contributed by atoms with van der Waals surface area (Å²) in [5.41, 5.74) is 12.1. The average molecular weight is 770 g/mol. The van der Waals surface area contributed by atoms with Gasteiger partial charge in [0.15, 0.2) is 0 Å². The summed E-state index contributed by atoms with van der Waals surface area (Å²) in [6.45, 7) is 0. The van der Waals surface area contributed by atoms with Gasteiger partial charge in [-0.2, -0.15) is 0 Å². The number of hydrogen-bond donors (Lipinski definition) is 0.